The van der Waals surface area contributed by atoms with Crippen LogP contribution >= 0.6 is 11.6 Å². The Kier molecular flexibility index (Phi) is 8.61. The number of ether oxygens (including phenoxy) is 2. The Morgan fingerprint density at radius 2 is 1.86 bits per heavy atom. The van der Waals surface area contributed by atoms with Crippen LogP contribution in [0.15, 0.2) is 48.5 Å². The number of benzene rings is 1. The lowest BCUT2D eigenvalue weighted by molar-refractivity contribution is 0.0710. The van der Waals surface area contributed by atoms with Gasteiger partial charge in [-0.1, -0.05) is 29.8 Å². The summed E-state index contributed by atoms with van der Waals surface area (Å²) in [7, 11) is 1.48. The monoisotopic (exact) mass is 522 g/mol. The van der Waals surface area contributed by atoms with E-state index in [0.29, 0.717) is 56.1 Å². The molecule has 8 nitrogen and oxygen atoms in total. The number of hydrogen-bond acceptors (Lipinski definition) is 6. The van der Waals surface area contributed by atoms with Crippen LogP contribution in [0.5, 0.6) is 11.6 Å². The summed E-state index contributed by atoms with van der Waals surface area (Å²) < 4.78 is 10.8. The minimum atomic E-state index is -0.175. The average Bonchev–Trinajstić information content (AvgIpc) is 2.91. The first-order valence-electron chi connectivity index (χ1n) is 12.4. The van der Waals surface area contributed by atoms with E-state index >= 15 is 0 Å². The van der Waals surface area contributed by atoms with Crippen LogP contribution in [0.25, 0.3) is 0 Å². The molecule has 0 aliphatic carbocycles. The number of para-hydroxylation sites is 1. The van der Waals surface area contributed by atoms with Crippen LogP contribution in [0.3, 0.4) is 0 Å². The Bertz CT molecular complexity index is 1270. The molecule has 0 saturated carbocycles. The largest absolute Gasteiger partial charge is 0.494 e. The summed E-state index contributed by atoms with van der Waals surface area (Å²) >= 11 is 6.05. The van der Waals surface area contributed by atoms with Crippen LogP contribution in [-0.4, -0.2) is 53.5 Å². The zero-order valence-corrected chi connectivity index (χ0v) is 22.0. The highest BCUT2D eigenvalue weighted by Gasteiger charge is 2.29. The van der Waals surface area contributed by atoms with Crippen molar-refractivity contribution in [1.29, 1.82) is 0 Å². The molecule has 4 rings (SSSR count). The molecule has 1 N–H and O–H groups in total. The van der Waals surface area contributed by atoms with E-state index in [9.17, 15) is 9.59 Å². The van der Waals surface area contributed by atoms with Crippen LogP contribution in [0.4, 0.5) is 0 Å². The highest BCUT2D eigenvalue weighted by molar-refractivity contribution is 6.29. The molecule has 0 atom stereocenters. The zero-order valence-electron chi connectivity index (χ0n) is 21.3. The Morgan fingerprint density at radius 3 is 2.59 bits per heavy atom. The second-order valence-corrected chi connectivity index (χ2v) is 9.28. The fourth-order valence-electron chi connectivity index (χ4n) is 4.54. The van der Waals surface area contributed by atoms with Gasteiger partial charge in [-0.05, 0) is 51.0 Å². The van der Waals surface area contributed by atoms with Gasteiger partial charge in [-0.15, -0.1) is 0 Å². The molecule has 2 aromatic heterocycles. The van der Waals surface area contributed by atoms with Gasteiger partial charge in [-0.25, -0.2) is 4.98 Å². The van der Waals surface area contributed by atoms with Crippen molar-refractivity contribution in [3.8, 4) is 11.6 Å². The number of piperidine rings is 1. The molecule has 1 aliphatic heterocycles. The number of carbonyl (C=O) groups excluding carboxylic acids is 2. The first-order valence-corrected chi connectivity index (χ1v) is 12.7. The minimum Gasteiger partial charge on any atom is -0.494 e. The van der Waals surface area contributed by atoms with E-state index in [2.05, 4.69) is 10.3 Å². The van der Waals surface area contributed by atoms with Crippen molar-refractivity contribution in [2.75, 3.05) is 26.8 Å². The molecule has 9 heteroatoms. The predicted octanol–water partition coefficient (Wildman–Crippen LogP) is 4.80. The summed E-state index contributed by atoms with van der Waals surface area (Å²) in [5.74, 6) is 0.831. The normalized spacial score (nSPS) is 13.8. The number of carbonyl (C=O) groups is 2. The predicted molar refractivity (Wildman–Crippen MR) is 141 cm³/mol. The van der Waals surface area contributed by atoms with Gasteiger partial charge in [0.2, 0.25) is 5.88 Å². The van der Waals surface area contributed by atoms with Gasteiger partial charge in [0.1, 0.15) is 10.9 Å². The molecule has 1 saturated heterocycles. The van der Waals surface area contributed by atoms with E-state index in [4.69, 9.17) is 26.1 Å². The molecule has 1 fully saturated rings. The number of pyridine rings is 2. The van der Waals surface area contributed by atoms with Crippen LogP contribution in [0.2, 0.25) is 5.15 Å². The van der Waals surface area contributed by atoms with E-state index in [1.54, 1.807) is 17.0 Å². The number of nitrogens with one attached hydrogen (secondary N) is 1. The number of hydrogen-bond donors (Lipinski definition) is 1. The third kappa shape index (κ3) is 6.38. The van der Waals surface area contributed by atoms with Crippen molar-refractivity contribution >= 4 is 23.4 Å². The number of likely N-dealkylation sites (tertiary alicyclic amines) is 1. The third-order valence-electron chi connectivity index (χ3n) is 6.42. The van der Waals surface area contributed by atoms with Gasteiger partial charge in [0.25, 0.3) is 11.8 Å². The number of nitrogens with zero attached hydrogens (tertiary/aromatic N) is 3. The van der Waals surface area contributed by atoms with Crippen molar-refractivity contribution in [3.05, 3.63) is 81.8 Å². The van der Waals surface area contributed by atoms with Crippen LogP contribution < -0.4 is 14.8 Å². The van der Waals surface area contributed by atoms with Gasteiger partial charge in [-0.2, -0.15) is 0 Å². The van der Waals surface area contributed by atoms with Gasteiger partial charge >= 0.3 is 0 Å². The lowest BCUT2D eigenvalue weighted by atomic mass is 9.89. The van der Waals surface area contributed by atoms with Gasteiger partial charge in [0.05, 0.1) is 25.0 Å². The second-order valence-electron chi connectivity index (χ2n) is 8.90. The maximum atomic E-state index is 13.2. The first kappa shape index (κ1) is 26.4. The topological polar surface area (TPSA) is 93.7 Å². The molecule has 3 aromatic rings. The lowest BCUT2D eigenvalue weighted by Gasteiger charge is -2.32. The molecule has 37 heavy (non-hydrogen) atoms. The maximum Gasteiger partial charge on any atom is 0.254 e. The van der Waals surface area contributed by atoms with Gasteiger partial charge in [-0.3, -0.25) is 14.6 Å². The van der Waals surface area contributed by atoms with E-state index < -0.39 is 0 Å². The van der Waals surface area contributed by atoms with E-state index in [-0.39, 0.29) is 22.9 Å². The van der Waals surface area contributed by atoms with Crippen LogP contribution in [0.1, 0.15) is 63.4 Å². The van der Waals surface area contributed by atoms with Gasteiger partial charge < -0.3 is 19.7 Å². The van der Waals surface area contributed by atoms with Crippen LogP contribution in [-0.2, 0) is 6.54 Å². The smallest absolute Gasteiger partial charge is 0.254 e. The van der Waals surface area contributed by atoms with E-state index in [0.717, 1.165) is 22.7 Å². The lowest BCUT2D eigenvalue weighted by Crippen LogP contribution is -2.38. The highest BCUT2D eigenvalue weighted by Crippen LogP contribution is 2.31. The van der Waals surface area contributed by atoms with Crippen molar-refractivity contribution < 1.29 is 19.1 Å². The zero-order chi connectivity index (χ0) is 26.4. The van der Waals surface area contributed by atoms with Crippen molar-refractivity contribution in [3.63, 3.8) is 0 Å². The average molecular weight is 523 g/mol. The molecule has 0 unspecified atom stereocenters. The number of amides is 2. The second kappa shape index (κ2) is 12.1. The molecule has 0 radical (unpaired) electrons. The summed E-state index contributed by atoms with van der Waals surface area (Å²) in [6.07, 6.45) is 1.40. The van der Waals surface area contributed by atoms with E-state index in [1.807, 2.05) is 50.2 Å². The van der Waals surface area contributed by atoms with Crippen molar-refractivity contribution in [1.82, 2.24) is 20.2 Å². The molecular weight excluding hydrogens is 492 g/mol. The molecule has 3 heterocycles. The minimum absolute atomic E-state index is 0.0657. The number of halogens is 1. The molecule has 0 spiro atoms. The number of methoxy groups -OCH3 is 1. The Labute approximate surface area is 222 Å². The summed E-state index contributed by atoms with van der Waals surface area (Å²) in [5, 5.41) is 3.23. The third-order valence-corrected chi connectivity index (χ3v) is 6.61. The fraction of sp³-hybridized carbons (Fsp3) is 0.357. The summed E-state index contributed by atoms with van der Waals surface area (Å²) in [4.78, 5) is 36.9. The SMILES string of the molecule is CCOc1ccccc1CNC(=O)c1ccc(C)nc1C1CCN(C(=O)c2cc(Cl)nc(OC)c2)CC1. The van der Waals surface area contributed by atoms with Crippen molar-refractivity contribution in [2.45, 2.75) is 39.2 Å². The summed E-state index contributed by atoms with van der Waals surface area (Å²) in [6, 6.07) is 14.5. The summed E-state index contributed by atoms with van der Waals surface area (Å²) in [6.45, 7) is 5.85. The number of aromatic nitrogens is 2. The Morgan fingerprint density at radius 1 is 1.11 bits per heavy atom. The van der Waals surface area contributed by atoms with Crippen LogP contribution in [0, 0.1) is 6.92 Å². The molecule has 1 aliphatic rings. The molecule has 0 bridgehead atoms. The fourth-order valence-corrected chi connectivity index (χ4v) is 4.74. The molecule has 194 valence electrons. The molecular formula is C28H31ClN4O4. The van der Waals surface area contributed by atoms with Gasteiger partial charge in [0, 0.05) is 48.4 Å². The van der Waals surface area contributed by atoms with Crippen molar-refractivity contribution in [2.24, 2.45) is 0 Å². The van der Waals surface area contributed by atoms with E-state index in [1.165, 1.54) is 7.11 Å². The quantitative estimate of drug-likeness (QED) is 0.427. The van der Waals surface area contributed by atoms with Gasteiger partial charge in [0.15, 0.2) is 0 Å². The standard InChI is InChI=1S/C28H31ClN4O4/c1-4-37-23-8-6-5-7-20(23)17-30-27(34)22-10-9-18(2)31-26(22)19-11-13-33(14-12-19)28(35)21-15-24(29)32-25(16-21)36-3/h5-10,15-16,19H,4,11-14,17H2,1-3H3,(H,30,34). The highest BCUT2D eigenvalue weighted by atomic mass is 35.5. The Balaban J connectivity index is 1.45. The number of rotatable bonds is 8. The number of aryl methyl sites for hydroxylation is 1. The molecule has 1 aromatic carbocycles. The Hall–Kier alpha value is -3.65. The maximum absolute atomic E-state index is 13.2. The first-order chi connectivity index (χ1) is 17.9. The molecule has 2 amide bonds. The summed E-state index contributed by atoms with van der Waals surface area (Å²) in [5.41, 5.74) is 3.55.